The minimum atomic E-state index is 0.726. The van der Waals surface area contributed by atoms with E-state index in [0.29, 0.717) is 0 Å². The number of rotatable bonds is 9. The fourth-order valence-corrected chi connectivity index (χ4v) is 4.26. The summed E-state index contributed by atoms with van der Waals surface area (Å²) in [5.74, 6) is 3.44. The monoisotopic (exact) mass is 296 g/mol. The Balaban J connectivity index is 2.65. The van der Waals surface area contributed by atoms with Gasteiger partial charge >= 0.3 is 0 Å². The van der Waals surface area contributed by atoms with Gasteiger partial charge in [-0.25, -0.2) is 0 Å². The van der Waals surface area contributed by atoms with E-state index in [1.54, 1.807) is 0 Å². The van der Waals surface area contributed by atoms with Gasteiger partial charge in [-0.05, 0) is 49.6 Å². The predicted molar refractivity (Wildman–Crippen MR) is 94.7 cm³/mol. The van der Waals surface area contributed by atoms with E-state index in [-0.39, 0.29) is 0 Å². The third kappa shape index (κ3) is 5.90. The van der Waals surface area contributed by atoms with Crippen LogP contribution in [0.2, 0.25) is 0 Å². The summed E-state index contributed by atoms with van der Waals surface area (Å²) >= 11 is 0. The van der Waals surface area contributed by atoms with E-state index in [1.807, 2.05) is 0 Å². The quantitative estimate of drug-likeness (QED) is 0.678. The third-order valence-electron chi connectivity index (χ3n) is 5.73. The molecule has 1 fully saturated rings. The minimum Gasteiger partial charge on any atom is -0.314 e. The molecule has 2 heteroatoms. The molecule has 4 unspecified atom stereocenters. The van der Waals surface area contributed by atoms with Crippen molar-refractivity contribution in [2.24, 2.45) is 23.7 Å². The van der Waals surface area contributed by atoms with Crippen molar-refractivity contribution in [3.05, 3.63) is 0 Å². The second kappa shape index (κ2) is 9.84. The van der Waals surface area contributed by atoms with Crippen LogP contribution in [0.25, 0.3) is 0 Å². The Labute approximate surface area is 134 Å². The molecule has 1 aliphatic rings. The van der Waals surface area contributed by atoms with Crippen molar-refractivity contribution in [1.29, 1.82) is 0 Å². The van der Waals surface area contributed by atoms with Crippen LogP contribution in [0, 0.1) is 23.7 Å². The van der Waals surface area contributed by atoms with Crippen molar-refractivity contribution in [3.63, 3.8) is 0 Å². The molecule has 4 atom stereocenters. The first kappa shape index (κ1) is 19.0. The van der Waals surface area contributed by atoms with Gasteiger partial charge in [-0.1, -0.05) is 54.4 Å². The Hall–Kier alpha value is -0.0800. The molecule has 1 saturated carbocycles. The van der Waals surface area contributed by atoms with E-state index < -0.39 is 0 Å². The van der Waals surface area contributed by atoms with Gasteiger partial charge in [0.1, 0.15) is 0 Å². The average Bonchev–Trinajstić information content (AvgIpc) is 2.46. The maximum absolute atomic E-state index is 3.78. The van der Waals surface area contributed by atoms with Gasteiger partial charge in [0.25, 0.3) is 0 Å². The van der Waals surface area contributed by atoms with E-state index >= 15 is 0 Å². The zero-order valence-electron chi connectivity index (χ0n) is 15.5. The average molecular weight is 297 g/mol. The van der Waals surface area contributed by atoms with Crippen LogP contribution in [0.3, 0.4) is 0 Å². The van der Waals surface area contributed by atoms with Crippen LogP contribution in [-0.4, -0.2) is 37.1 Å². The molecule has 1 rings (SSSR count). The van der Waals surface area contributed by atoms with Gasteiger partial charge in [-0.2, -0.15) is 0 Å². The number of nitrogens with zero attached hydrogens (tertiary/aromatic N) is 1. The smallest absolute Gasteiger partial charge is 0.0112 e. The molecule has 0 saturated heterocycles. The highest BCUT2D eigenvalue weighted by Crippen LogP contribution is 2.34. The molecule has 0 radical (unpaired) electrons. The first-order valence-electron chi connectivity index (χ1n) is 9.51. The highest BCUT2D eigenvalue weighted by molar-refractivity contribution is 4.89. The zero-order valence-corrected chi connectivity index (χ0v) is 15.5. The lowest BCUT2D eigenvalue weighted by Gasteiger charge is -2.42. The lowest BCUT2D eigenvalue weighted by molar-refractivity contribution is 0.0953. The Morgan fingerprint density at radius 1 is 1.05 bits per heavy atom. The summed E-state index contributed by atoms with van der Waals surface area (Å²) in [6.45, 7) is 19.1. The van der Waals surface area contributed by atoms with E-state index in [9.17, 15) is 0 Å². The molecule has 0 aromatic heterocycles. The molecule has 0 spiro atoms. The van der Waals surface area contributed by atoms with Crippen molar-refractivity contribution in [1.82, 2.24) is 10.2 Å². The Kier molecular flexibility index (Phi) is 8.89. The number of hydrogen-bond acceptors (Lipinski definition) is 2. The molecule has 0 aromatic carbocycles. The molecule has 0 aromatic rings. The second-order valence-corrected chi connectivity index (χ2v) is 7.42. The second-order valence-electron chi connectivity index (χ2n) is 7.42. The van der Waals surface area contributed by atoms with Crippen LogP contribution in [0.1, 0.15) is 67.2 Å². The van der Waals surface area contributed by atoms with Crippen LogP contribution >= 0.6 is 0 Å². The summed E-state index contributed by atoms with van der Waals surface area (Å²) in [6.07, 6.45) is 5.42. The van der Waals surface area contributed by atoms with Crippen LogP contribution in [0.4, 0.5) is 0 Å². The SMILES string of the molecule is CCNC1CC(C)CC(C)C1CN(CC)CC(CC)CC. The first-order valence-corrected chi connectivity index (χ1v) is 9.51. The lowest BCUT2D eigenvalue weighted by atomic mass is 9.72. The molecule has 0 amide bonds. The van der Waals surface area contributed by atoms with Gasteiger partial charge in [-0.15, -0.1) is 0 Å². The molecule has 1 aliphatic carbocycles. The predicted octanol–water partition coefficient (Wildman–Crippen LogP) is 4.40. The van der Waals surface area contributed by atoms with Crippen LogP contribution in [-0.2, 0) is 0 Å². The van der Waals surface area contributed by atoms with E-state index in [4.69, 9.17) is 0 Å². The number of nitrogens with one attached hydrogen (secondary N) is 1. The third-order valence-corrected chi connectivity index (χ3v) is 5.73. The number of hydrogen-bond donors (Lipinski definition) is 1. The fourth-order valence-electron chi connectivity index (χ4n) is 4.26. The van der Waals surface area contributed by atoms with E-state index in [1.165, 1.54) is 45.3 Å². The minimum absolute atomic E-state index is 0.726. The maximum Gasteiger partial charge on any atom is 0.0112 e. The Bertz CT molecular complexity index is 262. The van der Waals surface area contributed by atoms with Gasteiger partial charge < -0.3 is 10.2 Å². The first-order chi connectivity index (χ1) is 10.0. The highest BCUT2D eigenvalue weighted by atomic mass is 15.1. The molecule has 126 valence electrons. The maximum atomic E-state index is 3.78. The Morgan fingerprint density at radius 2 is 1.71 bits per heavy atom. The van der Waals surface area contributed by atoms with Crippen molar-refractivity contribution >= 4 is 0 Å². The zero-order chi connectivity index (χ0) is 15.8. The summed E-state index contributed by atoms with van der Waals surface area (Å²) in [6, 6.07) is 0.726. The molecular weight excluding hydrogens is 256 g/mol. The summed E-state index contributed by atoms with van der Waals surface area (Å²) in [7, 11) is 0. The van der Waals surface area contributed by atoms with Crippen molar-refractivity contribution in [3.8, 4) is 0 Å². The van der Waals surface area contributed by atoms with E-state index in [0.717, 1.165) is 36.3 Å². The van der Waals surface area contributed by atoms with Gasteiger partial charge in [0.2, 0.25) is 0 Å². The fraction of sp³-hybridized carbons (Fsp3) is 1.00. The normalized spacial score (nSPS) is 30.3. The lowest BCUT2D eigenvalue weighted by Crippen LogP contribution is -2.49. The van der Waals surface area contributed by atoms with Gasteiger partial charge in [0, 0.05) is 19.1 Å². The molecule has 2 nitrogen and oxygen atoms in total. The summed E-state index contributed by atoms with van der Waals surface area (Å²) in [5, 5.41) is 3.78. The molecule has 0 bridgehead atoms. The topological polar surface area (TPSA) is 15.3 Å². The van der Waals surface area contributed by atoms with Crippen LogP contribution in [0.5, 0.6) is 0 Å². The Morgan fingerprint density at radius 3 is 2.24 bits per heavy atom. The van der Waals surface area contributed by atoms with Crippen LogP contribution < -0.4 is 5.32 Å². The molecule has 0 aliphatic heterocycles. The van der Waals surface area contributed by atoms with Crippen molar-refractivity contribution in [2.45, 2.75) is 73.3 Å². The largest absolute Gasteiger partial charge is 0.314 e. The standard InChI is InChI=1S/C19H40N2/c1-7-17(8-2)13-21(10-4)14-18-16(6)11-15(5)12-19(18)20-9-3/h15-20H,7-14H2,1-6H3. The van der Waals surface area contributed by atoms with Gasteiger partial charge in [0.15, 0.2) is 0 Å². The van der Waals surface area contributed by atoms with Gasteiger partial charge in [-0.3, -0.25) is 0 Å². The summed E-state index contributed by atoms with van der Waals surface area (Å²) < 4.78 is 0. The highest BCUT2D eigenvalue weighted by Gasteiger charge is 2.34. The van der Waals surface area contributed by atoms with Crippen molar-refractivity contribution < 1.29 is 0 Å². The summed E-state index contributed by atoms with van der Waals surface area (Å²) in [5.41, 5.74) is 0. The molecule has 1 N–H and O–H groups in total. The summed E-state index contributed by atoms with van der Waals surface area (Å²) in [4.78, 5) is 2.72. The van der Waals surface area contributed by atoms with Crippen molar-refractivity contribution in [2.75, 3.05) is 26.2 Å². The van der Waals surface area contributed by atoms with Gasteiger partial charge in [0.05, 0.1) is 0 Å². The molecule has 0 heterocycles. The molecular formula is C19H40N2. The van der Waals surface area contributed by atoms with E-state index in [2.05, 4.69) is 51.8 Å². The molecule has 21 heavy (non-hydrogen) atoms. The van der Waals surface area contributed by atoms with Crippen LogP contribution in [0.15, 0.2) is 0 Å².